The number of likely N-dealkylation sites (N-methyl/N-ethyl adjacent to an activating group) is 1. The van der Waals surface area contributed by atoms with Crippen LogP contribution in [0.15, 0.2) is 83.8 Å². The second-order valence-electron chi connectivity index (χ2n) is 8.93. The largest absolute Gasteiger partial charge is 0.355 e. The molecule has 0 aliphatic heterocycles. The number of nitro groups is 1. The summed E-state index contributed by atoms with van der Waals surface area (Å²) in [5.74, 6) is -0.929. The minimum absolute atomic E-state index is 0.0443. The number of carbonyl (C=O) groups excluding carboxylic acids is 2. The summed E-state index contributed by atoms with van der Waals surface area (Å²) in [6, 6.07) is 19.2. The van der Waals surface area contributed by atoms with Crippen LogP contribution < -0.4 is 9.62 Å². The molecule has 0 spiro atoms. The molecule has 10 nitrogen and oxygen atoms in total. The fraction of sp³-hybridized carbons (Fsp3) is 0.286. The molecule has 2 amide bonds. The van der Waals surface area contributed by atoms with E-state index in [2.05, 4.69) is 5.32 Å². The maximum Gasteiger partial charge on any atom is 0.269 e. The van der Waals surface area contributed by atoms with E-state index in [0.717, 1.165) is 15.4 Å². The standard InChI is InChI=1S/C28H32N4O6S/c1-4-26(28(34)29-5-2)30(19-22-11-9-10-21(3)18-22)27(33)20-31(23-14-16-24(17-15-23)32(35)36)39(37,38)25-12-7-6-8-13-25/h6-18,26H,4-5,19-20H2,1-3H3,(H,29,34)/t26-/m0/s1. The Kier molecular flexibility index (Phi) is 9.78. The Morgan fingerprint density at radius 3 is 2.21 bits per heavy atom. The Morgan fingerprint density at radius 1 is 0.974 bits per heavy atom. The van der Waals surface area contributed by atoms with E-state index in [9.17, 15) is 28.1 Å². The van der Waals surface area contributed by atoms with Gasteiger partial charge < -0.3 is 10.2 Å². The van der Waals surface area contributed by atoms with Crippen LogP contribution in [0.4, 0.5) is 11.4 Å². The lowest BCUT2D eigenvalue weighted by Gasteiger charge is -2.33. The molecule has 0 aliphatic rings. The number of nitro benzene ring substituents is 1. The van der Waals surface area contributed by atoms with Gasteiger partial charge in [0.2, 0.25) is 11.8 Å². The third-order valence-electron chi connectivity index (χ3n) is 6.13. The van der Waals surface area contributed by atoms with Crippen LogP contribution in [0.25, 0.3) is 0 Å². The van der Waals surface area contributed by atoms with E-state index in [1.165, 1.54) is 41.3 Å². The fourth-order valence-electron chi connectivity index (χ4n) is 4.21. The van der Waals surface area contributed by atoms with E-state index in [1.54, 1.807) is 32.0 Å². The van der Waals surface area contributed by atoms with Crippen molar-refractivity contribution in [1.29, 1.82) is 0 Å². The molecule has 11 heteroatoms. The van der Waals surface area contributed by atoms with Gasteiger partial charge in [-0.05, 0) is 50.1 Å². The van der Waals surface area contributed by atoms with Gasteiger partial charge in [-0.25, -0.2) is 8.42 Å². The molecule has 3 aromatic carbocycles. The lowest BCUT2D eigenvalue weighted by Crippen LogP contribution is -2.52. The van der Waals surface area contributed by atoms with Crippen molar-refractivity contribution in [3.63, 3.8) is 0 Å². The van der Waals surface area contributed by atoms with Gasteiger partial charge in [0.15, 0.2) is 0 Å². The molecule has 0 aromatic heterocycles. The Labute approximate surface area is 228 Å². The number of nitrogens with one attached hydrogen (secondary N) is 1. The number of carbonyl (C=O) groups is 2. The Bertz CT molecular complexity index is 1410. The predicted molar refractivity (Wildman–Crippen MR) is 149 cm³/mol. The number of sulfonamides is 1. The average Bonchev–Trinajstić information content (AvgIpc) is 2.92. The number of benzene rings is 3. The summed E-state index contributed by atoms with van der Waals surface area (Å²) in [6.45, 7) is 5.33. The smallest absolute Gasteiger partial charge is 0.269 e. The molecule has 0 aliphatic carbocycles. The molecule has 1 atom stereocenters. The SMILES string of the molecule is CCNC(=O)[C@H](CC)N(Cc1cccc(C)c1)C(=O)CN(c1ccc([N+](=O)[O-])cc1)S(=O)(=O)c1ccccc1. The van der Waals surface area contributed by atoms with E-state index in [4.69, 9.17) is 0 Å². The molecule has 206 valence electrons. The minimum atomic E-state index is -4.24. The highest BCUT2D eigenvalue weighted by atomic mass is 32.2. The van der Waals surface area contributed by atoms with Crippen LogP contribution in [0.3, 0.4) is 0 Å². The predicted octanol–water partition coefficient (Wildman–Crippen LogP) is 4.04. The van der Waals surface area contributed by atoms with E-state index < -0.39 is 33.4 Å². The van der Waals surface area contributed by atoms with Crippen LogP contribution in [-0.4, -0.2) is 49.2 Å². The lowest BCUT2D eigenvalue weighted by atomic mass is 10.1. The molecule has 39 heavy (non-hydrogen) atoms. The van der Waals surface area contributed by atoms with E-state index >= 15 is 0 Å². The molecule has 0 unspecified atom stereocenters. The van der Waals surface area contributed by atoms with Crippen LogP contribution >= 0.6 is 0 Å². The van der Waals surface area contributed by atoms with Gasteiger partial charge in [-0.2, -0.15) is 0 Å². The third kappa shape index (κ3) is 7.20. The monoisotopic (exact) mass is 552 g/mol. The Balaban J connectivity index is 2.07. The van der Waals surface area contributed by atoms with E-state index in [1.807, 2.05) is 31.2 Å². The van der Waals surface area contributed by atoms with Crippen LogP contribution in [0.2, 0.25) is 0 Å². The van der Waals surface area contributed by atoms with Crippen LogP contribution in [0.5, 0.6) is 0 Å². The first-order chi connectivity index (χ1) is 18.6. The van der Waals surface area contributed by atoms with Gasteiger partial charge >= 0.3 is 0 Å². The summed E-state index contributed by atoms with van der Waals surface area (Å²) >= 11 is 0. The first-order valence-corrected chi connectivity index (χ1v) is 14.0. The average molecular weight is 553 g/mol. The number of amides is 2. The Morgan fingerprint density at radius 2 is 1.64 bits per heavy atom. The van der Waals surface area contributed by atoms with E-state index in [0.29, 0.717) is 13.0 Å². The zero-order chi connectivity index (χ0) is 28.6. The fourth-order valence-corrected chi connectivity index (χ4v) is 5.64. The molecule has 0 saturated heterocycles. The van der Waals surface area contributed by atoms with Gasteiger partial charge in [0.05, 0.1) is 15.5 Å². The van der Waals surface area contributed by atoms with Crippen molar-refractivity contribution in [2.75, 3.05) is 17.4 Å². The van der Waals surface area contributed by atoms with Crippen molar-refractivity contribution in [2.24, 2.45) is 0 Å². The molecule has 0 radical (unpaired) electrons. The number of anilines is 1. The first kappa shape index (κ1) is 29.3. The highest BCUT2D eigenvalue weighted by molar-refractivity contribution is 7.92. The Hall–Kier alpha value is -4.25. The summed E-state index contributed by atoms with van der Waals surface area (Å²) in [4.78, 5) is 38.8. The van der Waals surface area contributed by atoms with Gasteiger partial charge in [-0.15, -0.1) is 0 Å². The number of rotatable bonds is 12. The van der Waals surface area contributed by atoms with E-state index in [-0.39, 0.29) is 28.7 Å². The van der Waals surface area contributed by atoms with Crippen LogP contribution in [0.1, 0.15) is 31.4 Å². The summed E-state index contributed by atoms with van der Waals surface area (Å²) in [5, 5.41) is 13.9. The highest BCUT2D eigenvalue weighted by Gasteiger charge is 2.33. The van der Waals surface area contributed by atoms with Gasteiger partial charge in [-0.3, -0.25) is 24.0 Å². The summed E-state index contributed by atoms with van der Waals surface area (Å²) in [5.41, 5.74) is 1.63. The number of aryl methyl sites for hydroxylation is 1. The number of hydrogen-bond acceptors (Lipinski definition) is 6. The van der Waals surface area contributed by atoms with Crippen molar-refractivity contribution < 1.29 is 22.9 Å². The van der Waals surface area contributed by atoms with Crippen LogP contribution in [0, 0.1) is 17.0 Å². The maximum atomic E-state index is 13.9. The minimum Gasteiger partial charge on any atom is -0.355 e. The highest BCUT2D eigenvalue weighted by Crippen LogP contribution is 2.26. The summed E-state index contributed by atoms with van der Waals surface area (Å²) in [6.07, 6.45) is 0.312. The van der Waals surface area contributed by atoms with Gasteiger partial charge in [-0.1, -0.05) is 55.0 Å². The van der Waals surface area contributed by atoms with Crippen molar-refractivity contribution in [1.82, 2.24) is 10.2 Å². The zero-order valence-electron chi connectivity index (χ0n) is 22.1. The quantitative estimate of drug-likeness (QED) is 0.267. The zero-order valence-corrected chi connectivity index (χ0v) is 22.9. The molecule has 0 fully saturated rings. The molecule has 1 N–H and O–H groups in total. The second kappa shape index (κ2) is 13.0. The molecular weight excluding hydrogens is 520 g/mol. The summed E-state index contributed by atoms with van der Waals surface area (Å²) < 4.78 is 28.4. The molecule has 0 bridgehead atoms. The normalized spacial score (nSPS) is 11.9. The molecule has 3 aromatic rings. The van der Waals surface area contributed by atoms with Crippen LogP contribution in [-0.2, 0) is 26.2 Å². The maximum absolute atomic E-state index is 13.9. The van der Waals surface area contributed by atoms with Gasteiger partial charge in [0, 0.05) is 25.2 Å². The number of nitrogens with zero attached hydrogens (tertiary/aromatic N) is 3. The second-order valence-corrected chi connectivity index (χ2v) is 10.8. The lowest BCUT2D eigenvalue weighted by molar-refractivity contribution is -0.384. The molecule has 0 saturated carbocycles. The van der Waals surface area contributed by atoms with Crippen molar-refractivity contribution in [3.8, 4) is 0 Å². The third-order valence-corrected chi connectivity index (χ3v) is 7.92. The molecular formula is C28H32N4O6S. The van der Waals surface area contributed by atoms with Crippen molar-refractivity contribution in [2.45, 2.75) is 44.7 Å². The number of hydrogen-bond donors (Lipinski definition) is 1. The van der Waals surface area contributed by atoms with Crippen molar-refractivity contribution in [3.05, 3.63) is 100 Å². The van der Waals surface area contributed by atoms with Crippen molar-refractivity contribution >= 4 is 33.2 Å². The topological polar surface area (TPSA) is 130 Å². The van der Waals surface area contributed by atoms with Gasteiger partial charge in [0.25, 0.3) is 15.7 Å². The van der Waals surface area contributed by atoms with Gasteiger partial charge in [0.1, 0.15) is 12.6 Å². The molecule has 3 rings (SSSR count). The molecule has 0 heterocycles. The summed E-state index contributed by atoms with van der Waals surface area (Å²) in [7, 11) is -4.24. The first-order valence-electron chi connectivity index (χ1n) is 12.5. The number of non-ortho nitro benzene ring substituents is 1.